The number of amides is 1. The van der Waals surface area contributed by atoms with Crippen LogP contribution in [0.4, 0.5) is 18.0 Å². The molecule has 2 N–H and O–H groups in total. The largest absolute Gasteiger partial charge is 0.493 e. The van der Waals surface area contributed by atoms with E-state index in [1.165, 1.54) is 18.2 Å². The molecule has 0 radical (unpaired) electrons. The maximum absolute atomic E-state index is 14.6. The Labute approximate surface area is 181 Å². The summed E-state index contributed by atoms with van der Waals surface area (Å²) in [6.45, 7) is 2.15. The van der Waals surface area contributed by atoms with Gasteiger partial charge in [0, 0.05) is 17.0 Å². The number of nitrogens with two attached hydrogens (primary N) is 1. The van der Waals surface area contributed by atoms with Crippen molar-refractivity contribution in [2.75, 3.05) is 19.8 Å². The highest BCUT2D eigenvalue weighted by atomic mass is 32.2. The molecule has 31 heavy (non-hydrogen) atoms. The summed E-state index contributed by atoms with van der Waals surface area (Å²) in [5.74, 6) is -1.94. The molecule has 0 aliphatic carbocycles. The first-order chi connectivity index (χ1) is 14.9. The number of thioether (sulfide) groups is 1. The van der Waals surface area contributed by atoms with E-state index in [1.807, 2.05) is 0 Å². The number of carbonyl (C=O) groups is 1. The summed E-state index contributed by atoms with van der Waals surface area (Å²) in [6, 6.07) is 6.97. The Balaban J connectivity index is 1.92. The number of hydrogen-bond donors (Lipinski definition) is 1. The fraction of sp³-hybridized carbons (Fsp3) is 0.333. The second-order valence-electron chi connectivity index (χ2n) is 7.06. The van der Waals surface area contributed by atoms with E-state index in [-0.39, 0.29) is 30.4 Å². The molecule has 2 aromatic rings. The van der Waals surface area contributed by atoms with E-state index in [0.717, 1.165) is 35.0 Å². The lowest BCUT2D eigenvalue weighted by atomic mass is 9.87. The average Bonchev–Trinajstić information content (AvgIpc) is 3.14. The summed E-state index contributed by atoms with van der Waals surface area (Å²) in [6.07, 6.45) is -0.381. The quantitative estimate of drug-likeness (QED) is 0.755. The molecule has 2 heterocycles. The molecule has 10 heteroatoms. The molecule has 4 rings (SSSR count). The zero-order valence-electron chi connectivity index (χ0n) is 16.6. The maximum atomic E-state index is 14.6. The van der Waals surface area contributed by atoms with E-state index < -0.39 is 34.3 Å². The monoisotopic (exact) mass is 451 g/mol. The topological polar surface area (TPSA) is 77.1 Å². The van der Waals surface area contributed by atoms with Gasteiger partial charge in [-0.2, -0.15) is 10.1 Å². The zero-order chi connectivity index (χ0) is 22.2. The first kappa shape index (κ1) is 21.5. The molecule has 164 valence electrons. The van der Waals surface area contributed by atoms with Crippen molar-refractivity contribution in [2.45, 2.75) is 18.2 Å². The molecule has 0 fully saturated rings. The van der Waals surface area contributed by atoms with Crippen molar-refractivity contribution in [3.63, 3.8) is 0 Å². The smallest absolute Gasteiger partial charge is 0.432 e. The normalized spacial score (nSPS) is 22.2. The van der Waals surface area contributed by atoms with E-state index in [0.29, 0.717) is 17.7 Å². The van der Waals surface area contributed by atoms with E-state index in [1.54, 1.807) is 6.92 Å². The zero-order valence-corrected chi connectivity index (χ0v) is 17.4. The van der Waals surface area contributed by atoms with Crippen LogP contribution in [-0.2, 0) is 9.61 Å². The van der Waals surface area contributed by atoms with Gasteiger partial charge in [0.15, 0.2) is 4.87 Å². The van der Waals surface area contributed by atoms with Crippen molar-refractivity contribution in [3.8, 4) is 5.75 Å². The minimum Gasteiger partial charge on any atom is -0.493 e. The van der Waals surface area contributed by atoms with Crippen LogP contribution in [0.25, 0.3) is 0 Å². The predicted molar refractivity (Wildman–Crippen MR) is 110 cm³/mol. The van der Waals surface area contributed by atoms with E-state index in [9.17, 15) is 18.0 Å². The first-order valence-electron chi connectivity index (χ1n) is 9.73. The number of hydrogen-bond acceptors (Lipinski definition) is 6. The Kier molecular flexibility index (Phi) is 5.85. The fourth-order valence-electron chi connectivity index (χ4n) is 3.84. The average molecular weight is 451 g/mol. The van der Waals surface area contributed by atoms with E-state index in [4.69, 9.17) is 15.2 Å². The first-order valence-corrected chi connectivity index (χ1v) is 10.5. The molecule has 2 aliphatic rings. The summed E-state index contributed by atoms with van der Waals surface area (Å²) >= 11 is 1.04. The molecular weight excluding hydrogens is 431 g/mol. The Morgan fingerprint density at radius 1 is 1.29 bits per heavy atom. The lowest BCUT2D eigenvalue weighted by Gasteiger charge is -2.44. The molecule has 2 aliphatic heterocycles. The Hall–Kier alpha value is -2.72. The SMILES string of the molecule is CCOC(=O)N1N=C(c2cc(F)ccc2F)SC12c1cc(F)ccc1OC[C@@H]2CCN. The fourth-order valence-corrected chi connectivity index (χ4v) is 5.35. The molecule has 0 saturated carbocycles. The molecular formula is C21H20F3N3O3S. The summed E-state index contributed by atoms with van der Waals surface area (Å²) in [7, 11) is 0. The van der Waals surface area contributed by atoms with Crippen LogP contribution < -0.4 is 10.5 Å². The second-order valence-corrected chi connectivity index (χ2v) is 8.28. The van der Waals surface area contributed by atoms with Gasteiger partial charge in [0.05, 0.1) is 13.2 Å². The maximum Gasteiger partial charge on any atom is 0.432 e. The Bertz CT molecular complexity index is 1050. The predicted octanol–water partition coefficient (Wildman–Crippen LogP) is 4.18. The molecule has 2 atom stereocenters. The van der Waals surface area contributed by atoms with Crippen LogP contribution in [0.5, 0.6) is 5.75 Å². The van der Waals surface area contributed by atoms with Crippen LogP contribution >= 0.6 is 11.8 Å². The summed E-state index contributed by atoms with van der Waals surface area (Å²) in [5.41, 5.74) is 6.06. The second kappa shape index (κ2) is 8.43. The standard InChI is InChI=1S/C21H20F3N3O3S/c1-2-29-20(28)27-21(31-19(26-27)15-9-13(22)3-5-17(15)24)12(7-8-25)11-30-18-6-4-14(23)10-16(18)21/h3-6,9-10,12H,2,7-8,11,25H2,1H3/t12-,21?/m0/s1. The lowest BCUT2D eigenvalue weighted by Crippen LogP contribution is -2.51. The number of carbonyl (C=O) groups excluding carboxylic acids is 1. The van der Waals surface area contributed by atoms with Crippen LogP contribution in [0.3, 0.4) is 0 Å². The van der Waals surface area contributed by atoms with Crippen molar-refractivity contribution in [1.82, 2.24) is 5.01 Å². The van der Waals surface area contributed by atoms with E-state index in [2.05, 4.69) is 5.10 Å². The minimum absolute atomic E-state index is 0.0727. The van der Waals surface area contributed by atoms with Gasteiger partial charge in [-0.05, 0) is 56.3 Å². The van der Waals surface area contributed by atoms with Gasteiger partial charge in [-0.15, -0.1) is 0 Å². The number of nitrogens with zero attached hydrogens (tertiary/aromatic N) is 2. The summed E-state index contributed by atoms with van der Waals surface area (Å²) < 4.78 is 53.7. The number of ether oxygens (including phenoxy) is 2. The van der Waals surface area contributed by atoms with Gasteiger partial charge in [-0.25, -0.2) is 18.0 Å². The van der Waals surface area contributed by atoms with Crippen molar-refractivity contribution in [2.24, 2.45) is 16.8 Å². The summed E-state index contributed by atoms with van der Waals surface area (Å²) in [4.78, 5) is 11.6. The number of halogens is 3. The third kappa shape index (κ3) is 3.63. The highest BCUT2D eigenvalue weighted by molar-refractivity contribution is 8.15. The molecule has 6 nitrogen and oxygen atoms in total. The Morgan fingerprint density at radius 3 is 2.77 bits per heavy atom. The molecule has 1 unspecified atom stereocenters. The third-order valence-corrected chi connectivity index (χ3v) is 6.73. The van der Waals surface area contributed by atoms with Crippen molar-refractivity contribution >= 4 is 22.9 Å². The van der Waals surface area contributed by atoms with Crippen LogP contribution in [0.15, 0.2) is 41.5 Å². The molecule has 1 spiro atoms. The van der Waals surface area contributed by atoms with E-state index >= 15 is 0 Å². The number of rotatable bonds is 4. The van der Waals surface area contributed by atoms with Crippen molar-refractivity contribution in [3.05, 3.63) is 65.0 Å². The highest BCUT2D eigenvalue weighted by Crippen LogP contribution is 2.57. The van der Waals surface area contributed by atoms with Crippen LogP contribution in [0.1, 0.15) is 24.5 Å². The molecule has 0 bridgehead atoms. The number of hydrazone groups is 1. The van der Waals surface area contributed by atoms with Crippen LogP contribution in [0.2, 0.25) is 0 Å². The molecule has 1 amide bonds. The molecule has 2 aromatic carbocycles. The van der Waals surface area contributed by atoms with Crippen LogP contribution in [-0.4, -0.2) is 35.9 Å². The van der Waals surface area contributed by atoms with Gasteiger partial charge in [-0.3, -0.25) is 0 Å². The van der Waals surface area contributed by atoms with Crippen molar-refractivity contribution < 1.29 is 27.4 Å². The minimum atomic E-state index is -1.30. The van der Waals surface area contributed by atoms with Gasteiger partial charge in [0.1, 0.15) is 28.2 Å². The van der Waals surface area contributed by atoms with Gasteiger partial charge in [0.2, 0.25) is 0 Å². The molecule has 0 saturated heterocycles. The number of benzene rings is 2. The number of fused-ring (bicyclic) bond motifs is 2. The Morgan fingerprint density at radius 2 is 2.03 bits per heavy atom. The van der Waals surface area contributed by atoms with Gasteiger partial charge >= 0.3 is 6.09 Å². The van der Waals surface area contributed by atoms with Gasteiger partial charge < -0.3 is 15.2 Å². The van der Waals surface area contributed by atoms with Crippen molar-refractivity contribution in [1.29, 1.82) is 0 Å². The highest BCUT2D eigenvalue weighted by Gasteiger charge is 2.58. The van der Waals surface area contributed by atoms with Gasteiger partial charge in [0.25, 0.3) is 0 Å². The lowest BCUT2D eigenvalue weighted by molar-refractivity contribution is 0.0395. The summed E-state index contributed by atoms with van der Waals surface area (Å²) in [5, 5.41) is 5.49. The third-order valence-electron chi connectivity index (χ3n) is 5.19. The molecule has 0 aromatic heterocycles. The van der Waals surface area contributed by atoms with Crippen LogP contribution in [0, 0.1) is 23.4 Å². The van der Waals surface area contributed by atoms with Gasteiger partial charge in [-0.1, -0.05) is 11.8 Å².